The highest BCUT2D eigenvalue weighted by atomic mass is 16.5. The lowest BCUT2D eigenvalue weighted by molar-refractivity contribution is 0.124. The third-order valence-corrected chi connectivity index (χ3v) is 2.96. The Kier molecular flexibility index (Phi) is 6.07. The van der Waals surface area contributed by atoms with Crippen LogP contribution < -0.4 is 16.0 Å². The Morgan fingerprint density at radius 1 is 1.22 bits per heavy atom. The van der Waals surface area contributed by atoms with Gasteiger partial charge in [-0.15, -0.1) is 0 Å². The predicted octanol–water partition coefficient (Wildman–Crippen LogP) is 1.71. The van der Waals surface area contributed by atoms with Crippen molar-refractivity contribution in [3.63, 3.8) is 0 Å². The fraction of sp³-hybridized carbons (Fsp3) is 0.188. The average molecular weight is 313 g/mol. The number of urea groups is 1. The zero-order valence-corrected chi connectivity index (χ0v) is 12.6. The van der Waals surface area contributed by atoms with Gasteiger partial charge in [0.25, 0.3) is 0 Å². The Morgan fingerprint density at radius 2 is 1.96 bits per heavy atom. The molecular weight excluding hydrogens is 294 g/mol. The van der Waals surface area contributed by atoms with E-state index in [-0.39, 0.29) is 0 Å². The van der Waals surface area contributed by atoms with Crippen molar-refractivity contribution in [1.82, 2.24) is 10.3 Å². The van der Waals surface area contributed by atoms with Crippen LogP contribution in [0.5, 0.6) is 0 Å². The van der Waals surface area contributed by atoms with Crippen LogP contribution in [0.25, 0.3) is 0 Å². The third kappa shape index (κ3) is 5.08. The van der Waals surface area contributed by atoms with Gasteiger partial charge in [0.2, 0.25) is 5.96 Å². The van der Waals surface area contributed by atoms with E-state index in [1.807, 2.05) is 30.3 Å². The molecule has 120 valence electrons. The van der Waals surface area contributed by atoms with Gasteiger partial charge in [-0.05, 0) is 17.7 Å². The smallest absolute Gasteiger partial charge is 0.330 e. The number of rotatable bonds is 6. The van der Waals surface area contributed by atoms with Crippen LogP contribution >= 0.6 is 0 Å². The van der Waals surface area contributed by atoms with Gasteiger partial charge in [-0.3, -0.25) is 5.41 Å². The molecule has 23 heavy (non-hydrogen) atoms. The molecule has 0 radical (unpaired) electrons. The standard InChI is InChI=1S/C16H19N5O2/c17-15(18)21(14-8-4-5-9-19-14)16(22)20-10-11-23-12-13-6-2-1-3-7-13/h1-9H,10-12H2,(H3,17,18)(H,20,22). The minimum absolute atomic E-state index is 0.294. The summed E-state index contributed by atoms with van der Waals surface area (Å²) in [4.78, 5) is 17.1. The fourth-order valence-electron chi connectivity index (χ4n) is 1.90. The number of hydrogen-bond acceptors (Lipinski definition) is 4. The lowest BCUT2D eigenvalue weighted by Gasteiger charge is -2.19. The molecule has 7 heteroatoms. The first-order chi connectivity index (χ1) is 11.2. The number of amides is 2. The Morgan fingerprint density at radius 3 is 2.61 bits per heavy atom. The number of hydrogen-bond donors (Lipinski definition) is 3. The molecule has 0 atom stereocenters. The van der Waals surface area contributed by atoms with E-state index < -0.39 is 12.0 Å². The van der Waals surface area contributed by atoms with Gasteiger partial charge in [-0.1, -0.05) is 36.4 Å². The summed E-state index contributed by atoms with van der Waals surface area (Å²) >= 11 is 0. The van der Waals surface area contributed by atoms with Crippen molar-refractivity contribution in [3.8, 4) is 0 Å². The van der Waals surface area contributed by atoms with Crippen molar-refractivity contribution < 1.29 is 9.53 Å². The molecule has 4 N–H and O–H groups in total. The van der Waals surface area contributed by atoms with Crippen LogP contribution in [0.15, 0.2) is 54.7 Å². The molecule has 2 rings (SSSR count). The quantitative estimate of drug-likeness (QED) is 0.429. The summed E-state index contributed by atoms with van der Waals surface area (Å²) in [5.74, 6) is -0.103. The SMILES string of the molecule is N=C(N)N(C(=O)NCCOCc1ccccc1)c1ccccn1. The zero-order valence-electron chi connectivity index (χ0n) is 12.6. The maximum Gasteiger partial charge on any atom is 0.330 e. The van der Waals surface area contributed by atoms with Gasteiger partial charge in [0.15, 0.2) is 0 Å². The Labute approximate surface area is 134 Å². The highest BCUT2D eigenvalue weighted by molar-refractivity contribution is 6.13. The fourth-order valence-corrected chi connectivity index (χ4v) is 1.90. The molecule has 0 spiro atoms. The summed E-state index contributed by atoms with van der Waals surface area (Å²) in [6.07, 6.45) is 1.53. The Bertz CT molecular complexity index is 633. The maximum absolute atomic E-state index is 12.1. The number of nitrogens with one attached hydrogen (secondary N) is 2. The first-order valence-corrected chi connectivity index (χ1v) is 7.13. The lowest BCUT2D eigenvalue weighted by atomic mass is 10.2. The molecule has 2 amide bonds. The van der Waals surface area contributed by atoms with E-state index in [1.165, 1.54) is 6.20 Å². The highest BCUT2D eigenvalue weighted by Gasteiger charge is 2.18. The van der Waals surface area contributed by atoms with Crippen LogP contribution in [-0.4, -0.2) is 30.1 Å². The van der Waals surface area contributed by atoms with Gasteiger partial charge in [-0.25, -0.2) is 14.7 Å². The van der Waals surface area contributed by atoms with Crippen molar-refractivity contribution >= 4 is 17.8 Å². The molecule has 0 bridgehead atoms. The zero-order chi connectivity index (χ0) is 16.5. The monoisotopic (exact) mass is 313 g/mol. The number of nitrogens with two attached hydrogens (primary N) is 1. The number of pyridine rings is 1. The summed E-state index contributed by atoms with van der Waals surface area (Å²) in [6, 6.07) is 14.3. The van der Waals surface area contributed by atoms with Crippen LogP contribution in [-0.2, 0) is 11.3 Å². The third-order valence-electron chi connectivity index (χ3n) is 2.96. The van der Waals surface area contributed by atoms with Gasteiger partial charge in [0, 0.05) is 12.7 Å². The van der Waals surface area contributed by atoms with Crippen molar-refractivity contribution in [3.05, 3.63) is 60.3 Å². The van der Waals surface area contributed by atoms with Crippen molar-refractivity contribution in [2.45, 2.75) is 6.61 Å². The Hall–Kier alpha value is -2.93. The summed E-state index contributed by atoms with van der Waals surface area (Å²) in [5, 5.41) is 10.2. The molecule has 0 fully saturated rings. The van der Waals surface area contributed by atoms with E-state index in [9.17, 15) is 4.79 Å². The molecule has 0 aliphatic carbocycles. The van der Waals surface area contributed by atoms with Crippen molar-refractivity contribution in [2.24, 2.45) is 5.73 Å². The number of nitrogens with zero attached hydrogens (tertiary/aromatic N) is 2. The van der Waals surface area contributed by atoms with Crippen LogP contribution in [0.3, 0.4) is 0 Å². The molecule has 7 nitrogen and oxygen atoms in total. The molecule has 2 aromatic rings. The second-order valence-electron chi connectivity index (χ2n) is 4.68. The van der Waals surface area contributed by atoms with Crippen molar-refractivity contribution in [1.29, 1.82) is 5.41 Å². The number of anilines is 1. The summed E-state index contributed by atoms with van der Waals surface area (Å²) in [7, 11) is 0. The molecule has 0 saturated heterocycles. The average Bonchev–Trinajstić information content (AvgIpc) is 2.56. The van der Waals surface area contributed by atoms with E-state index in [0.29, 0.717) is 25.6 Å². The molecule has 0 saturated carbocycles. The van der Waals surface area contributed by atoms with Gasteiger partial charge < -0.3 is 15.8 Å². The minimum atomic E-state index is -0.514. The Balaban J connectivity index is 1.78. The maximum atomic E-state index is 12.1. The molecule has 0 aliphatic rings. The number of ether oxygens (including phenoxy) is 1. The lowest BCUT2D eigenvalue weighted by Crippen LogP contribution is -2.48. The number of carbonyl (C=O) groups is 1. The topological polar surface area (TPSA) is 104 Å². The van der Waals surface area contributed by atoms with Crippen molar-refractivity contribution in [2.75, 3.05) is 18.1 Å². The summed E-state index contributed by atoms with van der Waals surface area (Å²) in [5.41, 5.74) is 6.52. The molecular formula is C16H19N5O2. The van der Waals surface area contributed by atoms with E-state index in [0.717, 1.165) is 10.5 Å². The summed E-state index contributed by atoms with van der Waals surface area (Å²) < 4.78 is 5.48. The normalized spacial score (nSPS) is 10.1. The largest absolute Gasteiger partial charge is 0.375 e. The van der Waals surface area contributed by atoms with Crippen LogP contribution in [0, 0.1) is 5.41 Å². The number of aromatic nitrogens is 1. The van der Waals surface area contributed by atoms with Gasteiger partial charge in [0.05, 0.1) is 13.2 Å². The molecule has 0 unspecified atom stereocenters. The number of carbonyl (C=O) groups excluding carboxylic acids is 1. The number of benzene rings is 1. The second-order valence-corrected chi connectivity index (χ2v) is 4.68. The molecule has 0 aliphatic heterocycles. The molecule has 1 aromatic heterocycles. The van der Waals surface area contributed by atoms with E-state index in [2.05, 4.69) is 10.3 Å². The first kappa shape index (κ1) is 16.4. The van der Waals surface area contributed by atoms with Gasteiger partial charge in [0.1, 0.15) is 5.82 Å². The van der Waals surface area contributed by atoms with E-state index in [1.54, 1.807) is 18.2 Å². The highest BCUT2D eigenvalue weighted by Crippen LogP contribution is 2.08. The number of guanidine groups is 1. The second kappa shape index (κ2) is 8.50. The van der Waals surface area contributed by atoms with Crippen LogP contribution in [0.4, 0.5) is 10.6 Å². The van der Waals surface area contributed by atoms with Gasteiger partial charge >= 0.3 is 6.03 Å². The first-order valence-electron chi connectivity index (χ1n) is 7.13. The van der Waals surface area contributed by atoms with E-state index >= 15 is 0 Å². The molecule has 1 aromatic carbocycles. The van der Waals surface area contributed by atoms with Crippen LogP contribution in [0.2, 0.25) is 0 Å². The minimum Gasteiger partial charge on any atom is -0.375 e. The predicted molar refractivity (Wildman–Crippen MR) is 88.1 cm³/mol. The summed E-state index contributed by atoms with van der Waals surface area (Å²) in [6.45, 7) is 1.14. The van der Waals surface area contributed by atoms with Crippen LogP contribution in [0.1, 0.15) is 5.56 Å². The van der Waals surface area contributed by atoms with E-state index in [4.69, 9.17) is 15.9 Å². The van der Waals surface area contributed by atoms with Gasteiger partial charge in [-0.2, -0.15) is 0 Å². The molecule has 1 heterocycles.